The lowest BCUT2D eigenvalue weighted by molar-refractivity contribution is 0.676. The van der Waals surface area contributed by atoms with Crippen molar-refractivity contribution in [3.05, 3.63) is 268 Å². The van der Waals surface area contributed by atoms with E-state index in [1.54, 1.807) is 0 Å². The molecule has 83 heavy (non-hydrogen) atoms. The Bertz CT molecular complexity index is 5500. The summed E-state index contributed by atoms with van der Waals surface area (Å²) in [6, 6.07) is 88.5. The number of nitrogens with one attached hydrogen (secondary N) is 1. The van der Waals surface area contributed by atoms with E-state index in [0.29, 0.717) is 5.02 Å². The highest BCUT2D eigenvalue weighted by Gasteiger charge is 2.24. The molecular weight excluding hydrogens is 1170 g/mol. The van der Waals surface area contributed by atoms with E-state index in [-0.39, 0.29) is 14.9 Å². The Morgan fingerprint density at radius 1 is 0.289 bits per heavy atom. The number of furan rings is 2. The van der Waals surface area contributed by atoms with Crippen LogP contribution in [-0.2, 0) is 0 Å². The molecule has 0 aliphatic heterocycles. The quantitative estimate of drug-likeness (QED) is 0.179. The number of para-hydroxylation sites is 5. The van der Waals surface area contributed by atoms with Crippen LogP contribution in [0.5, 0.6) is 0 Å². The van der Waals surface area contributed by atoms with E-state index >= 15 is 0 Å². The second-order valence-corrected chi connectivity index (χ2v) is 22.5. The summed E-state index contributed by atoms with van der Waals surface area (Å²) in [5.74, 6) is 0. The number of H-pyrrole nitrogens is 1. The van der Waals surface area contributed by atoms with Gasteiger partial charge in [-0.3, -0.25) is 0 Å². The Balaban J connectivity index is 0.000000131. The molecule has 0 unspecified atom stereocenters. The van der Waals surface area contributed by atoms with Gasteiger partial charge in [0.25, 0.3) is 0 Å². The number of halogens is 3. The van der Waals surface area contributed by atoms with Gasteiger partial charge in [0, 0.05) is 79.3 Å². The number of benzene rings is 12. The minimum atomic E-state index is 0. The number of hydrogen-bond donors (Lipinski definition) is 1. The highest BCUT2D eigenvalue weighted by molar-refractivity contribution is 14.1. The van der Waals surface area contributed by atoms with Gasteiger partial charge in [-0.1, -0.05) is 147 Å². The fourth-order valence-electron chi connectivity index (χ4n) is 12.5. The second-order valence-electron chi connectivity index (χ2n) is 20.4. The molecule has 18 rings (SSSR count). The van der Waals surface area contributed by atoms with Crippen LogP contribution < -0.4 is 0 Å². The van der Waals surface area contributed by atoms with Crippen molar-refractivity contribution in [2.45, 2.75) is 14.9 Å². The third-order valence-electron chi connectivity index (χ3n) is 15.9. The minimum absolute atomic E-state index is 0. The third-order valence-corrected chi connectivity index (χ3v) is 17.1. The molecule has 0 fully saturated rings. The molecular formula is C74H51Cl2IN4O2. The number of aromatic amines is 1. The molecule has 0 amide bonds. The zero-order valence-electron chi connectivity index (χ0n) is 43.0. The molecule has 0 aliphatic rings. The molecule has 6 aromatic heterocycles. The van der Waals surface area contributed by atoms with E-state index in [1.807, 2.05) is 54.6 Å². The monoisotopic (exact) mass is 1220 g/mol. The van der Waals surface area contributed by atoms with Crippen molar-refractivity contribution < 1.29 is 8.83 Å². The van der Waals surface area contributed by atoms with Gasteiger partial charge in [-0.15, -0.1) is 0 Å². The van der Waals surface area contributed by atoms with Gasteiger partial charge >= 0.3 is 0 Å². The van der Waals surface area contributed by atoms with Crippen LogP contribution in [0.25, 0.3) is 148 Å². The van der Waals surface area contributed by atoms with Crippen molar-refractivity contribution >= 4 is 177 Å². The predicted molar refractivity (Wildman–Crippen MR) is 362 cm³/mol. The van der Waals surface area contributed by atoms with Gasteiger partial charge in [0.1, 0.15) is 22.3 Å². The second kappa shape index (κ2) is 20.6. The Morgan fingerprint density at radius 3 is 1.07 bits per heavy atom. The Labute approximate surface area is 501 Å². The Hall–Kier alpha value is -9.25. The summed E-state index contributed by atoms with van der Waals surface area (Å²) in [6.07, 6.45) is 0. The maximum absolute atomic E-state index is 6.96. The molecule has 0 spiro atoms. The molecule has 0 saturated heterocycles. The maximum Gasteiger partial charge on any atom is 0.145 e. The fourth-order valence-corrected chi connectivity index (χ4v) is 13.3. The largest absolute Gasteiger partial charge is 0.455 e. The van der Waals surface area contributed by atoms with E-state index in [1.165, 1.54) is 19.9 Å². The maximum atomic E-state index is 6.96. The smallest absolute Gasteiger partial charge is 0.145 e. The highest BCUT2D eigenvalue weighted by Crippen LogP contribution is 2.47. The highest BCUT2D eigenvalue weighted by atomic mass is 127. The van der Waals surface area contributed by atoms with Gasteiger partial charge in [0.05, 0.1) is 60.2 Å². The van der Waals surface area contributed by atoms with Crippen LogP contribution in [0.4, 0.5) is 0 Å². The lowest BCUT2D eigenvalue weighted by atomic mass is 10.1. The molecule has 1 N–H and O–H groups in total. The molecule has 6 nitrogen and oxygen atoms in total. The summed E-state index contributed by atoms with van der Waals surface area (Å²) in [6.45, 7) is 0. The zero-order chi connectivity index (χ0) is 53.9. The number of rotatable bonds is 3. The van der Waals surface area contributed by atoms with Crippen molar-refractivity contribution in [1.29, 1.82) is 0 Å². The van der Waals surface area contributed by atoms with Crippen LogP contribution in [0.15, 0.2) is 264 Å². The molecule has 18 aromatic rings. The normalized spacial score (nSPS) is 11.6. The lowest BCUT2D eigenvalue weighted by Crippen LogP contribution is -1.92. The number of fused-ring (bicyclic) bond motifs is 22. The summed E-state index contributed by atoms with van der Waals surface area (Å²) < 4.78 is 22.0. The lowest BCUT2D eigenvalue weighted by Gasteiger charge is -2.07. The van der Waals surface area contributed by atoms with E-state index < -0.39 is 0 Å². The van der Waals surface area contributed by atoms with Gasteiger partial charge in [0.15, 0.2) is 0 Å². The van der Waals surface area contributed by atoms with Crippen LogP contribution in [-0.4, -0.2) is 18.7 Å². The van der Waals surface area contributed by atoms with Crippen molar-refractivity contribution in [2.75, 3.05) is 0 Å². The molecule has 0 atom stereocenters. The third kappa shape index (κ3) is 8.20. The van der Waals surface area contributed by atoms with Crippen LogP contribution in [0, 0.1) is 3.57 Å². The molecule has 0 bridgehead atoms. The number of hydrogen-bond acceptors (Lipinski definition) is 2. The SMILES string of the molecule is C.C.Clc1ccc2[nH]c3ccc4c5ccc6c(c7ccccc7n6-c6ccccc6)c5oc4c3c2c1.Clc1ccc2c(c1)c1c3oc4c(ccc5c4c4ccccc4n5-c4ccccc4)c3ccc1n2-c1ccccc1.Ic1ccccc1. The van der Waals surface area contributed by atoms with Crippen molar-refractivity contribution in [3.8, 4) is 17.1 Å². The first kappa shape index (κ1) is 51.9. The Morgan fingerprint density at radius 2 is 0.627 bits per heavy atom. The summed E-state index contributed by atoms with van der Waals surface area (Å²) in [4.78, 5) is 3.51. The van der Waals surface area contributed by atoms with Gasteiger partial charge in [-0.2, -0.15) is 0 Å². The van der Waals surface area contributed by atoms with Crippen LogP contribution in [0.2, 0.25) is 10.0 Å². The number of nitrogens with zero attached hydrogens (tertiary/aromatic N) is 3. The first-order valence-electron chi connectivity index (χ1n) is 26.8. The van der Waals surface area contributed by atoms with Crippen LogP contribution in [0.3, 0.4) is 0 Å². The van der Waals surface area contributed by atoms with Gasteiger partial charge < -0.3 is 27.5 Å². The van der Waals surface area contributed by atoms with Crippen molar-refractivity contribution in [2.24, 2.45) is 0 Å². The van der Waals surface area contributed by atoms with Crippen molar-refractivity contribution in [1.82, 2.24) is 18.7 Å². The fraction of sp³-hybridized carbons (Fsp3) is 0.0270. The molecule has 9 heteroatoms. The molecule has 400 valence electrons. The van der Waals surface area contributed by atoms with Crippen molar-refractivity contribution in [3.63, 3.8) is 0 Å². The summed E-state index contributed by atoms with van der Waals surface area (Å²) in [7, 11) is 0. The standard InChI is InChI=1S/C36H21ClN2O.C30H17ClN2O.C6H5I.2CH4/c37-22-15-18-30-28(21-22)34-32(39(30)24-11-5-2-6-12-24)20-17-26-25-16-19-31-33(35(25)40-36(26)34)27-13-7-8-14-29(27)38(31)23-9-3-1-4-10-23;31-17-10-13-23-22(16-17)27-24(32-23)14-11-19-20-12-15-26-28(30(20)34-29(19)27)21-8-4-5-9-25(21)33(26)18-6-2-1-3-7-18;7-6-4-2-1-3-5-6;;/h1-21H;1-16,32H;1-5H;2*1H4. The first-order valence-corrected chi connectivity index (χ1v) is 28.6. The average Bonchev–Trinajstić information content (AvgIpc) is 4.31. The Kier molecular flexibility index (Phi) is 12.9. The van der Waals surface area contributed by atoms with Gasteiger partial charge in [-0.25, -0.2) is 0 Å². The van der Waals surface area contributed by atoms with E-state index in [4.69, 9.17) is 32.0 Å². The van der Waals surface area contributed by atoms with Gasteiger partial charge in [0.2, 0.25) is 0 Å². The molecule has 6 heterocycles. The van der Waals surface area contributed by atoms with E-state index in [0.717, 1.165) is 137 Å². The van der Waals surface area contributed by atoms with E-state index in [2.05, 4.69) is 241 Å². The van der Waals surface area contributed by atoms with Crippen LogP contribution in [0.1, 0.15) is 14.9 Å². The zero-order valence-corrected chi connectivity index (χ0v) is 46.7. The summed E-state index contributed by atoms with van der Waals surface area (Å²) >= 11 is 15.2. The van der Waals surface area contributed by atoms with Gasteiger partial charge in [-0.05, 0) is 168 Å². The molecule has 0 saturated carbocycles. The molecule has 0 aliphatic carbocycles. The summed E-state index contributed by atoms with van der Waals surface area (Å²) in [5, 5.41) is 14.8. The minimum Gasteiger partial charge on any atom is -0.455 e. The predicted octanol–water partition coefficient (Wildman–Crippen LogP) is 23.0. The molecule has 12 aromatic carbocycles. The summed E-state index contributed by atoms with van der Waals surface area (Å²) in [5.41, 5.74) is 15.9. The number of aromatic nitrogens is 4. The molecule has 0 radical (unpaired) electrons. The first-order chi connectivity index (χ1) is 39.9. The van der Waals surface area contributed by atoms with E-state index in [9.17, 15) is 0 Å². The van der Waals surface area contributed by atoms with Crippen LogP contribution >= 0.6 is 45.8 Å². The average molecular weight is 1230 g/mol. The topological polar surface area (TPSA) is 56.9 Å².